The molecule has 0 aromatic rings. The summed E-state index contributed by atoms with van der Waals surface area (Å²) in [4.78, 5) is 22.5. The van der Waals surface area contributed by atoms with E-state index in [4.69, 9.17) is 9.47 Å². The molecule has 0 aromatic carbocycles. The number of rotatable bonds is 6. The van der Waals surface area contributed by atoms with E-state index < -0.39 is 0 Å². The number of allylic oxidation sites excluding steroid dienone is 2. The van der Waals surface area contributed by atoms with Crippen molar-refractivity contribution in [2.75, 3.05) is 13.2 Å². The lowest BCUT2D eigenvalue weighted by molar-refractivity contribution is -0.138. The first-order valence-electron chi connectivity index (χ1n) is 6.63. The highest BCUT2D eigenvalue weighted by molar-refractivity contribution is 5.82. The molecule has 0 amide bonds. The molecule has 1 aliphatic rings. The largest absolute Gasteiger partial charge is 0.463 e. The number of hydrogen-bond acceptors (Lipinski definition) is 4. The first kappa shape index (κ1) is 15.5. The average Bonchev–Trinajstić information content (AvgIpc) is 2.85. The van der Waals surface area contributed by atoms with Crippen LogP contribution in [0.4, 0.5) is 0 Å². The molecule has 0 aromatic heterocycles. The van der Waals surface area contributed by atoms with E-state index in [0.29, 0.717) is 13.2 Å². The van der Waals surface area contributed by atoms with Gasteiger partial charge < -0.3 is 9.47 Å². The van der Waals surface area contributed by atoms with Crippen LogP contribution in [0.25, 0.3) is 0 Å². The van der Waals surface area contributed by atoms with Gasteiger partial charge in [-0.1, -0.05) is 26.0 Å². The van der Waals surface area contributed by atoms with E-state index in [2.05, 4.69) is 13.8 Å². The topological polar surface area (TPSA) is 52.6 Å². The predicted molar refractivity (Wildman–Crippen MR) is 72.3 cm³/mol. The van der Waals surface area contributed by atoms with E-state index in [0.717, 1.165) is 0 Å². The highest BCUT2D eigenvalue weighted by Crippen LogP contribution is 2.59. The fraction of sp³-hybridized carbons (Fsp3) is 0.600. The van der Waals surface area contributed by atoms with Gasteiger partial charge in [0.25, 0.3) is 0 Å². The van der Waals surface area contributed by atoms with E-state index in [-0.39, 0.29) is 29.2 Å². The molecule has 1 rings (SSSR count). The number of hydrogen-bond donors (Lipinski definition) is 0. The molecular weight excluding hydrogens is 244 g/mol. The number of carbonyl (C=O) groups excluding carboxylic acids is 2. The molecule has 0 saturated heterocycles. The lowest BCUT2D eigenvalue weighted by Gasteiger charge is -1.97. The minimum atomic E-state index is -0.321. The first-order chi connectivity index (χ1) is 8.93. The summed E-state index contributed by atoms with van der Waals surface area (Å²) in [5.41, 5.74) is 0.0615. The van der Waals surface area contributed by atoms with Crippen LogP contribution in [-0.4, -0.2) is 25.2 Å². The van der Waals surface area contributed by atoms with Crippen LogP contribution in [0.1, 0.15) is 27.7 Å². The Morgan fingerprint density at radius 1 is 0.947 bits per heavy atom. The average molecular weight is 266 g/mol. The molecule has 2 atom stereocenters. The summed E-state index contributed by atoms with van der Waals surface area (Å²) in [7, 11) is 0. The summed E-state index contributed by atoms with van der Waals surface area (Å²) in [6.45, 7) is 8.52. The zero-order valence-electron chi connectivity index (χ0n) is 12.0. The summed E-state index contributed by atoms with van der Waals surface area (Å²) in [6, 6.07) is 0. The van der Waals surface area contributed by atoms with Gasteiger partial charge >= 0.3 is 11.9 Å². The Kier molecular flexibility index (Phi) is 5.33. The molecule has 0 N–H and O–H groups in total. The van der Waals surface area contributed by atoms with Gasteiger partial charge in [-0.15, -0.1) is 0 Å². The maximum absolute atomic E-state index is 11.2. The van der Waals surface area contributed by atoms with Crippen LogP contribution in [0.3, 0.4) is 0 Å². The smallest absolute Gasteiger partial charge is 0.330 e. The van der Waals surface area contributed by atoms with Gasteiger partial charge in [0, 0.05) is 12.2 Å². The molecule has 1 saturated carbocycles. The van der Waals surface area contributed by atoms with Crippen molar-refractivity contribution in [2.45, 2.75) is 27.7 Å². The molecule has 19 heavy (non-hydrogen) atoms. The van der Waals surface area contributed by atoms with E-state index in [9.17, 15) is 9.59 Å². The van der Waals surface area contributed by atoms with Crippen LogP contribution in [0.2, 0.25) is 0 Å². The van der Waals surface area contributed by atoms with Gasteiger partial charge in [0.05, 0.1) is 13.2 Å². The van der Waals surface area contributed by atoms with Crippen LogP contribution in [0.15, 0.2) is 24.3 Å². The fourth-order valence-electron chi connectivity index (χ4n) is 2.20. The van der Waals surface area contributed by atoms with Gasteiger partial charge in [-0.25, -0.2) is 9.59 Å². The minimum absolute atomic E-state index is 0.0615. The van der Waals surface area contributed by atoms with E-state index in [1.165, 1.54) is 12.2 Å². The second-order valence-electron chi connectivity index (χ2n) is 5.10. The lowest BCUT2D eigenvalue weighted by Crippen LogP contribution is -1.99. The van der Waals surface area contributed by atoms with Crippen molar-refractivity contribution in [1.29, 1.82) is 0 Å². The van der Waals surface area contributed by atoms with Gasteiger partial charge in [0.2, 0.25) is 0 Å². The maximum atomic E-state index is 11.2. The molecule has 4 nitrogen and oxygen atoms in total. The van der Waals surface area contributed by atoms with Crippen LogP contribution < -0.4 is 0 Å². The summed E-state index contributed by atoms with van der Waals surface area (Å²) >= 11 is 0. The van der Waals surface area contributed by atoms with Crippen molar-refractivity contribution < 1.29 is 19.1 Å². The van der Waals surface area contributed by atoms with Crippen molar-refractivity contribution in [3.05, 3.63) is 24.3 Å². The van der Waals surface area contributed by atoms with Gasteiger partial charge in [0.15, 0.2) is 0 Å². The third-order valence-electron chi connectivity index (χ3n) is 3.45. The van der Waals surface area contributed by atoms with Crippen LogP contribution in [0, 0.1) is 17.3 Å². The Hall–Kier alpha value is -1.58. The van der Waals surface area contributed by atoms with E-state index >= 15 is 0 Å². The third kappa shape index (κ3) is 4.23. The number of ether oxygens (including phenoxy) is 2. The van der Waals surface area contributed by atoms with Crippen molar-refractivity contribution in [3.8, 4) is 0 Å². The number of esters is 2. The van der Waals surface area contributed by atoms with E-state index in [1.807, 2.05) is 12.2 Å². The molecule has 0 aliphatic heterocycles. The van der Waals surface area contributed by atoms with Crippen LogP contribution in [0.5, 0.6) is 0 Å². The molecule has 106 valence electrons. The zero-order valence-corrected chi connectivity index (χ0v) is 12.0. The molecule has 4 heteroatoms. The molecule has 0 heterocycles. The van der Waals surface area contributed by atoms with Gasteiger partial charge in [0.1, 0.15) is 0 Å². The van der Waals surface area contributed by atoms with Crippen LogP contribution in [-0.2, 0) is 19.1 Å². The van der Waals surface area contributed by atoms with Crippen molar-refractivity contribution in [2.24, 2.45) is 17.3 Å². The van der Waals surface area contributed by atoms with Crippen molar-refractivity contribution >= 4 is 11.9 Å². The normalized spacial score (nSPS) is 24.6. The molecule has 0 unspecified atom stereocenters. The standard InChI is InChI=1S/C15H22O4/c1-5-18-13(16)9-7-11-12(15(11,3)4)8-10-14(17)19-6-2/h7-12H,5-6H2,1-4H3/b9-7+,10-8+/t11-,12+. The molecule has 1 fully saturated rings. The summed E-state index contributed by atoms with van der Waals surface area (Å²) < 4.78 is 9.67. The highest BCUT2D eigenvalue weighted by Gasteiger charge is 2.54. The quantitative estimate of drug-likeness (QED) is 0.547. The Labute approximate surface area is 114 Å². The molecule has 1 aliphatic carbocycles. The summed E-state index contributed by atoms with van der Waals surface area (Å²) in [5.74, 6) is -0.137. The zero-order chi connectivity index (χ0) is 14.5. The molecular formula is C15H22O4. The summed E-state index contributed by atoms with van der Waals surface area (Å²) in [6.07, 6.45) is 6.65. The maximum Gasteiger partial charge on any atom is 0.330 e. The Balaban J connectivity index is 2.53. The minimum Gasteiger partial charge on any atom is -0.463 e. The molecule has 0 bridgehead atoms. The monoisotopic (exact) mass is 266 g/mol. The first-order valence-corrected chi connectivity index (χ1v) is 6.63. The predicted octanol–water partition coefficient (Wildman–Crippen LogP) is 2.50. The van der Waals surface area contributed by atoms with Crippen molar-refractivity contribution in [1.82, 2.24) is 0 Å². The van der Waals surface area contributed by atoms with Crippen LogP contribution >= 0.6 is 0 Å². The van der Waals surface area contributed by atoms with Gasteiger partial charge in [-0.2, -0.15) is 0 Å². The Bertz CT molecular complexity index is 357. The SMILES string of the molecule is CCOC(=O)/C=C/[C@@H]1[C@H](/C=C/C(=O)OCC)C1(C)C. The lowest BCUT2D eigenvalue weighted by atomic mass is 10.1. The molecule has 0 spiro atoms. The van der Waals surface area contributed by atoms with Gasteiger partial charge in [-0.05, 0) is 31.1 Å². The number of carbonyl (C=O) groups is 2. The Morgan fingerprint density at radius 3 is 1.63 bits per heavy atom. The highest BCUT2D eigenvalue weighted by atomic mass is 16.5. The second kappa shape index (κ2) is 6.55. The fourth-order valence-corrected chi connectivity index (χ4v) is 2.20. The van der Waals surface area contributed by atoms with Crippen molar-refractivity contribution in [3.63, 3.8) is 0 Å². The summed E-state index contributed by atoms with van der Waals surface area (Å²) in [5, 5.41) is 0. The third-order valence-corrected chi connectivity index (χ3v) is 3.45. The van der Waals surface area contributed by atoms with E-state index in [1.54, 1.807) is 13.8 Å². The molecule has 0 radical (unpaired) electrons. The van der Waals surface area contributed by atoms with Gasteiger partial charge in [-0.3, -0.25) is 0 Å². The Morgan fingerprint density at radius 2 is 1.32 bits per heavy atom. The second-order valence-corrected chi connectivity index (χ2v) is 5.10.